The van der Waals surface area contributed by atoms with Crippen molar-refractivity contribution in [3.05, 3.63) is 17.8 Å². The molecule has 0 saturated carbocycles. The summed E-state index contributed by atoms with van der Waals surface area (Å²) in [6.07, 6.45) is 1.51. The molecular formula is C9H11N3O. The lowest BCUT2D eigenvalue weighted by Crippen LogP contribution is -2.09. The number of anilines is 1. The Bertz CT molecular complexity index is 341. The minimum atomic E-state index is 0.00347. The van der Waals surface area contributed by atoms with Crippen LogP contribution in [-0.2, 0) is 0 Å². The van der Waals surface area contributed by atoms with Gasteiger partial charge in [-0.05, 0) is 19.9 Å². The Kier molecular flexibility index (Phi) is 2.70. The molecule has 1 aromatic heterocycles. The van der Waals surface area contributed by atoms with Crippen molar-refractivity contribution >= 4 is 5.69 Å². The lowest BCUT2D eigenvalue weighted by Gasteiger charge is -2.10. The molecule has 0 fully saturated rings. The minimum absolute atomic E-state index is 0.00347. The highest BCUT2D eigenvalue weighted by Gasteiger charge is 2.07. The fraction of sp³-hybridized carbons (Fsp3) is 0.333. The molecule has 0 saturated heterocycles. The van der Waals surface area contributed by atoms with Crippen molar-refractivity contribution in [3.8, 4) is 11.9 Å². The van der Waals surface area contributed by atoms with E-state index < -0.39 is 0 Å². The highest BCUT2D eigenvalue weighted by molar-refractivity contribution is 5.59. The van der Waals surface area contributed by atoms with Gasteiger partial charge >= 0.3 is 0 Å². The molecule has 0 unspecified atom stereocenters. The van der Waals surface area contributed by atoms with Crippen LogP contribution >= 0.6 is 0 Å². The molecule has 0 aliphatic carbocycles. The molecule has 1 aromatic rings. The summed E-state index contributed by atoms with van der Waals surface area (Å²) in [5.41, 5.74) is 6.33. The van der Waals surface area contributed by atoms with E-state index in [9.17, 15) is 0 Å². The normalized spacial score (nSPS) is 9.69. The van der Waals surface area contributed by atoms with Crippen molar-refractivity contribution in [2.45, 2.75) is 20.0 Å². The highest BCUT2D eigenvalue weighted by Crippen LogP contribution is 2.22. The van der Waals surface area contributed by atoms with E-state index >= 15 is 0 Å². The summed E-state index contributed by atoms with van der Waals surface area (Å²) >= 11 is 0. The Labute approximate surface area is 77.0 Å². The highest BCUT2D eigenvalue weighted by atomic mass is 16.5. The molecule has 0 aliphatic rings. The van der Waals surface area contributed by atoms with Crippen LogP contribution in [0, 0.1) is 11.3 Å². The van der Waals surface area contributed by atoms with E-state index in [0.717, 1.165) is 0 Å². The van der Waals surface area contributed by atoms with Crippen molar-refractivity contribution < 1.29 is 4.74 Å². The predicted molar refractivity (Wildman–Crippen MR) is 49.1 cm³/mol. The van der Waals surface area contributed by atoms with Gasteiger partial charge in [0.25, 0.3) is 0 Å². The first-order valence-corrected chi connectivity index (χ1v) is 3.96. The second-order valence-corrected chi connectivity index (χ2v) is 2.86. The summed E-state index contributed by atoms with van der Waals surface area (Å²) in [7, 11) is 0. The van der Waals surface area contributed by atoms with Crippen LogP contribution in [0.1, 0.15) is 19.4 Å². The van der Waals surface area contributed by atoms with Crippen molar-refractivity contribution in [2.75, 3.05) is 5.73 Å². The van der Waals surface area contributed by atoms with Gasteiger partial charge < -0.3 is 10.5 Å². The summed E-state index contributed by atoms with van der Waals surface area (Å²) < 4.78 is 5.30. The molecule has 0 aliphatic heterocycles. The molecule has 0 amide bonds. The zero-order valence-corrected chi connectivity index (χ0v) is 7.61. The molecule has 13 heavy (non-hydrogen) atoms. The van der Waals surface area contributed by atoms with Crippen LogP contribution in [0.3, 0.4) is 0 Å². The van der Waals surface area contributed by atoms with Crippen LogP contribution < -0.4 is 10.5 Å². The maximum atomic E-state index is 8.66. The van der Waals surface area contributed by atoms with Gasteiger partial charge in [-0.3, -0.25) is 0 Å². The van der Waals surface area contributed by atoms with Crippen LogP contribution in [0.25, 0.3) is 0 Å². The van der Waals surface area contributed by atoms with Crippen LogP contribution in [0.5, 0.6) is 5.88 Å². The summed E-state index contributed by atoms with van der Waals surface area (Å²) in [4.78, 5) is 3.93. The number of pyridine rings is 1. The lowest BCUT2D eigenvalue weighted by atomic mass is 10.2. The minimum Gasteiger partial charge on any atom is -0.473 e. The van der Waals surface area contributed by atoms with E-state index in [0.29, 0.717) is 17.1 Å². The molecule has 68 valence electrons. The van der Waals surface area contributed by atoms with Crippen molar-refractivity contribution in [1.29, 1.82) is 5.26 Å². The Morgan fingerprint density at radius 3 is 2.85 bits per heavy atom. The number of nitriles is 1. The summed E-state index contributed by atoms with van der Waals surface area (Å²) in [6.45, 7) is 3.75. The Morgan fingerprint density at radius 1 is 1.62 bits per heavy atom. The number of hydrogen-bond acceptors (Lipinski definition) is 4. The molecule has 1 heterocycles. The Morgan fingerprint density at radius 2 is 2.31 bits per heavy atom. The van der Waals surface area contributed by atoms with Gasteiger partial charge in [-0.1, -0.05) is 0 Å². The third-order valence-electron chi connectivity index (χ3n) is 1.42. The molecule has 0 radical (unpaired) electrons. The van der Waals surface area contributed by atoms with Crippen molar-refractivity contribution in [1.82, 2.24) is 4.98 Å². The first-order valence-electron chi connectivity index (χ1n) is 3.96. The number of hydrogen-bond donors (Lipinski definition) is 1. The lowest BCUT2D eigenvalue weighted by molar-refractivity contribution is 0.234. The molecule has 4 nitrogen and oxygen atoms in total. The number of aromatic nitrogens is 1. The van der Waals surface area contributed by atoms with Gasteiger partial charge in [0, 0.05) is 6.20 Å². The van der Waals surface area contributed by atoms with E-state index in [-0.39, 0.29) is 6.10 Å². The quantitative estimate of drug-likeness (QED) is 0.739. The smallest absolute Gasteiger partial charge is 0.238 e. The summed E-state index contributed by atoms with van der Waals surface area (Å²) in [5, 5.41) is 8.66. The van der Waals surface area contributed by atoms with Crippen molar-refractivity contribution in [3.63, 3.8) is 0 Å². The second kappa shape index (κ2) is 3.76. The van der Waals surface area contributed by atoms with Crippen LogP contribution in [0.2, 0.25) is 0 Å². The first kappa shape index (κ1) is 9.33. The molecule has 0 aromatic carbocycles. The van der Waals surface area contributed by atoms with Gasteiger partial charge in [-0.25, -0.2) is 4.98 Å². The van der Waals surface area contributed by atoms with E-state index in [1.807, 2.05) is 19.9 Å². The number of nitrogens with zero attached hydrogens (tertiary/aromatic N) is 2. The van der Waals surface area contributed by atoms with E-state index in [4.69, 9.17) is 15.7 Å². The fourth-order valence-corrected chi connectivity index (χ4v) is 0.869. The molecule has 0 atom stereocenters. The van der Waals surface area contributed by atoms with Gasteiger partial charge in [-0.2, -0.15) is 5.26 Å². The molecule has 1 rings (SSSR count). The maximum absolute atomic E-state index is 8.66. The first-order chi connectivity index (χ1) is 6.15. The zero-order valence-electron chi connectivity index (χ0n) is 7.61. The van der Waals surface area contributed by atoms with Gasteiger partial charge in [0.05, 0.1) is 11.7 Å². The van der Waals surface area contributed by atoms with Gasteiger partial charge in [0.2, 0.25) is 5.88 Å². The second-order valence-electron chi connectivity index (χ2n) is 2.86. The third kappa shape index (κ3) is 2.09. The molecular weight excluding hydrogens is 166 g/mol. The number of rotatable bonds is 2. The van der Waals surface area contributed by atoms with Gasteiger partial charge in [0.1, 0.15) is 11.8 Å². The molecule has 2 N–H and O–H groups in total. The fourth-order valence-electron chi connectivity index (χ4n) is 0.869. The van der Waals surface area contributed by atoms with E-state index in [1.54, 1.807) is 6.07 Å². The number of ether oxygens (including phenoxy) is 1. The zero-order chi connectivity index (χ0) is 9.84. The molecule has 0 spiro atoms. The Balaban J connectivity index is 3.03. The average molecular weight is 177 g/mol. The van der Waals surface area contributed by atoms with Crippen LogP contribution in [0.4, 0.5) is 5.69 Å². The van der Waals surface area contributed by atoms with Gasteiger partial charge in [0.15, 0.2) is 0 Å². The van der Waals surface area contributed by atoms with Crippen LogP contribution in [-0.4, -0.2) is 11.1 Å². The van der Waals surface area contributed by atoms with Crippen LogP contribution in [0.15, 0.2) is 12.3 Å². The molecule has 4 heteroatoms. The summed E-state index contributed by atoms with van der Waals surface area (Å²) in [6, 6.07) is 3.52. The average Bonchev–Trinajstić information content (AvgIpc) is 2.08. The predicted octanol–water partition coefficient (Wildman–Crippen LogP) is 1.32. The van der Waals surface area contributed by atoms with Gasteiger partial charge in [-0.15, -0.1) is 0 Å². The SMILES string of the molecule is CC(C)Oc1nccc(C#N)c1N. The standard InChI is InChI=1S/C9H11N3O/c1-6(2)13-9-8(11)7(5-10)3-4-12-9/h3-4,6H,11H2,1-2H3. The number of nitrogens with two attached hydrogens (primary N) is 1. The van der Waals surface area contributed by atoms with E-state index in [2.05, 4.69) is 4.98 Å². The molecule has 0 bridgehead atoms. The largest absolute Gasteiger partial charge is 0.473 e. The monoisotopic (exact) mass is 177 g/mol. The third-order valence-corrected chi connectivity index (χ3v) is 1.42. The summed E-state index contributed by atoms with van der Waals surface area (Å²) in [5.74, 6) is 0.328. The van der Waals surface area contributed by atoms with E-state index in [1.165, 1.54) is 6.20 Å². The topological polar surface area (TPSA) is 71.9 Å². The van der Waals surface area contributed by atoms with Crippen molar-refractivity contribution in [2.24, 2.45) is 0 Å². The maximum Gasteiger partial charge on any atom is 0.238 e. The number of nitrogen functional groups attached to an aromatic ring is 1. The Hall–Kier alpha value is -1.76.